The van der Waals surface area contributed by atoms with Crippen LogP contribution < -0.4 is 10.6 Å². The first-order chi connectivity index (χ1) is 10.5. The van der Waals surface area contributed by atoms with Crippen molar-refractivity contribution in [3.05, 3.63) is 67.6 Å². The molecule has 0 aromatic rings. The van der Waals surface area contributed by atoms with Gasteiger partial charge in [0.25, 0.3) is 5.91 Å². The van der Waals surface area contributed by atoms with Gasteiger partial charge in [0.05, 0.1) is 15.5 Å². The normalized spacial score (nSPS) is 30.2. The molecule has 0 aromatic carbocycles. The lowest BCUT2D eigenvalue weighted by Crippen LogP contribution is -2.30. The Balaban J connectivity index is 2.46. The number of rotatable bonds is 0. The summed E-state index contributed by atoms with van der Waals surface area (Å²) in [6, 6.07) is 0. The van der Waals surface area contributed by atoms with Gasteiger partial charge in [-0.2, -0.15) is 0 Å². The van der Waals surface area contributed by atoms with Crippen molar-refractivity contribution >= 4 is 29.4 Å². The van der Waals surface area contributed by atoms with E-state index in [2.05, 4.69) is 17.2 Å². The summed E-state index contributed by atoms with van der Waals surface area (Å²) in [6.45, 7) is 11.9. The van der Waals surface area contributed by atoms with E-state index < -0.39 is 0 Å². The van der Waals surface area contributed by atoms with Crippen molar-refractivity contribution in [3.63, 3.8) is 0 Å². The number of amides is 1. The first-order valence-electron chi connectivity index (χ1n) is 7.09. The van der Waals surface area contributed by atoms with Crippen LogP contribution >= 0.6 is 23.5 Å². The van der Waals surface area contributed by atoms with Crippen LogP contribution in [0.4, 0.5) is 0 Å². The van der Waals surface area contributed by atoms with Gasteiger partial charge >= 0.3 is 0 Å². The Labute approximate surface area is 140 Å². The van der Waals surface area contributed by atoms with E-state index in [9.17, 15) is 4.79 Å². The molecule has 0 unspecified atom stereocenters. The lowest BCUT2D eigenvalue weighted by atomic mass is 10.3. The van der Waals surface area contributed by atoms with Gasteiger partial charge in [-0.15, -0.1) is 0 Å². The summed E-state index contributed by atoms with van der Waals surface area (Å²) in [6.07, 6.45) is 7.98. The van der Waals surface area contributed by atoms with Crippen molar-refractivity contribution in [2.45, 2.75) is 27.7 Å². The Morgan fingerprint density at radius 2 is 1.32 bits per heavy atom. The zero-order chi connectivity index (χ0) is 16.3. The van der Waals surface area contributed by atoms with Gasteiger partial charge in [-0.1, -0.05) is 54.4 Å². The predicted molar refractivity (Wildman–Crippen MR) is 97.7 cm³/mol. The number of thioether (sulfide) groups is 2. The number of nitrogens with one attached hydrogen (secondary N) is 2. The van der Waals surface area contributed by atoms with Gasteiger partial charge in [-0.05, 0) is 27.7 Å². The topological polar surface area (TPSA) is 41.1 Å². The van der Waals surface area contributed by atoms with Crippen LogP contribution in [0.2, 0.25) is 0 Å². The minimum Gasteiger partial charge on any atom is -0.354 e. The fraction of sp³-hybridized carbons (Fsp3) is 0.235. The Morgan fingerprint density at radius 1 is 0.818 bits per heavy atom. The monoisotopic (exact) mass is 332 g/mol. The van der Waals surface area contributed by atoms with E-state index in [1.165, 1.54) is 11.8 Å². The zero-order valence-corrected chi connectivity index (χ0v) is 14.9. The molecule has 0 saturated carbocycles. The van der Waals surface area contributed by atoms with Crippen LogP contribution in [-0.2, 0) is 4.79 Å². The number of hydrogen-bond donors (Lipinski definition) is 2. The Kier molecular flexibility index (Phi) is 5.42. The molecule has 2 N–H and O–H groups in total. The van der Waals surface area contributed by atoms with E-state index in [0.29, 0.717) is 4.91 Å². The molecule has 22 heavy (non-hydrogen) atoms. The number of allylic oxidation sites excluding steroid dienone is 4. The molecule has 0 aromatic heterocycles. The van der Waals surface area contributed by atoms with Crippen molar-refractivity contribution < 1.29 is 4.79 Å². The van der Waals surface area contributed by atoms with Crippen LogP contribution in [-0.4, -0.2) is 5.91 Å². The molecule has 0 aliphatic carbocycles. The van der Waals surface area contributed by atoms with Crippen LogP contribution in [0.5, 0.6) is 0 Å². The van der Waals surface area contributed by atoms with Crippen molar-refractivity contribution in [2.75, 3.05) is 0 Å². The fourth-order valence-electron chi connectivity index (χ4n) is 2.15. The second-order valence-electron chi connectivity index (χ2n) is 4.63. The molecular formula is C17H20N2OS2. The third-order valence-electron chi connectivity index (χ3n) is 3.28. The molecule has 2 rings (SSSR count). The van der Waals surface area contributed by atoms with Gasteiger partial charge in [0.1, 0.15) is 0 Å². The molecule has 2 aliphatic rings. The van der Waals surface area contributed by atoms with Gasteiger partial charge in [0, 0.05) is 21.2 Å². The summed E-state index contributed by atoms with van der Waals surface area (Å²) < 4.78 is 0. The van der Waals surface area contributed by atoms with Gasteiger partial charge in [-0.3, -0.25) is 4.79 Å². The SMILES string of the molecule is C=C1NC(=C/C)/C(=C\C)S/C1=C1/SC(=C/C)/C(=C\C)NC1=O. The van der Waals surface area contributed by atoms with E-state index in [1.807, 2.05) is 52.0 Å². The smallest absolute Gasteiger partial charge is 0.263 e. The highest BCUT2D eigenvalue weighted by Crippen LogP contribution is 2.46. The van der Waals surface area contributed by atoms with Crippen LogP contribution in [0.1, 0.15) is 27.7 Å². The van der Waals surface area contributed by atoms with E-state index in [4.69, 9.17) is 0 Å². The van der Waals surface area contributed by atoms with Crippen LogP contribution in [0.25, 0.3) is 0 Å². The highest BCUT2D eigenvalue weighted by atomic mass is 32.2. The summed E-state index contributed by atoms with van der Waals surface area (Å²) in [5.74, 6) is -0.0754. The highest BCUT2D eigenvalue weighted by molar-refractivity contribution is 8.11. The summed E-state index contributed by atoms with van der Waals surface area (Å²) in [5, 5.41) is 6.24. The number of hydrogen-bond acceptors (Lipinski definition) is 4. The molecule has 2 fully saturated rings. The molecule has 2 aliphatic heterocycles. The first-order valence-corrected chi connectivity index (χ1v) is 8.72. The second kappa shape index (κ2) is 7.11. The molecule has 2 heterocycles. The van der Waals surface area contributed by atoms with E-state index in [-0.39, 0.29) is 5.91 Å². The lowest BCUT2D eigenvalue weighted by molar-refractivity contribution is -0.116. The van der Waals surface area contributed by atoms with Crippen molar-refractivity contribution in [1.29, 1.82) is 0 Å². The fourth-order valence-corrected chi connectivity index (χ4v) is 4.35. The third-order valence-corrected chi connectivity index (χ3v) is 6.01. The maximum Gasteiger partial charge on any atom is 0.263 e. The summed E-state index contributed by atoms with van der Waals surface area (Å²) in [5.41, 5.74) is 2.66. The molecule has 5 heteroatoms. The molecule has 3 nitrogen and oxygen atoms in total. The van der Waals surface area contributed by atoms with E-state index in [0.717, 1.165) is 31.8 Å². The third kappa shape index (κ3) is 3.10. The van der Waals surface area contributed by atoms with Gasteiger partial charge in [0.2, 0.25) is 0 Å². The first kappa shape index (κ1) is 16.8. The molecule has 116 valence electrons. The lowest BCUT2D eigenvalue weighted by Gasteiger charge is -2.28. The number of carbonyl (C=O) groups is 1. The van der Waals surface area contributed by atoms with Crippen LogP contribution in [0.15, 0.2) is 67.6 Å². The average Bonchev–Trinajstić information content (AvgIpc) is 2.54. The summed E-state index contributed by atoms with van der Waals surface area (Å²) in [4.78, 5) is 16.2. The molecule has 0 atom stereocenters. The molecular weight excluding hydrogens is 312 g/mol. The second-order valence-corrected chi connectivity index (χ2v) is 6.74. The molecule has 0 bridgehead atoms. The maximum absolute atomic E-state index is 12.4. The standard InChI is InChI=1S/C17H20N2OS2/c1-6-11-13(8-3)21-15(10(5)18-11)16-17(20)19-12(7-2)14(9-4)22-16/h6-9,18H,5H2,1-4H3,(H,19,20)/b11-6+,12-7+,13-8+,14-9+,16-15+. The maximum atomic E-state index is 12.4. The van der Waals surface area contributed by atoms with E-state index >= 15 is 0 Å². The predicted octanol–water partition coefficient (Wildman–Crippen LogP) is 4.53. The van der Waals surface area contributed by atoms with Crippen LogP contribution in [0, 0.1) is 0 Å². The van der Waals surface area contributed by atoms with E-state index in [1.54, 1.807) is 11.8 Å². The van der Waals surface area contributed by atoms with Crippen molar-refractivity contribution in [1.82, 2.24) is 10.6 Å². The van der Waals surface area contributed by atoms with Gasteiger partial charge < -0.3 is 10.6 Å². The minimum atomic E-state index is -0.0754. The molecule has 2 saturated heterocycles. The molecule has 0 radical (unpaired) electrons. The minimum absolute atomic E-state index is 0.0754. The Bertz CT molecular complexity index is 621. The summed E-state index contributed by atoms with van der Waals surface area (Å²) in [7, 11) is 0. The Hall–Kier alpha value is -1.59. The molecule has 0 spiro atoms. The average molecular weight is 332 g/mol. The summed E-state index contributed by atoms with van der Waals surface area (Å²) >= 11 is 3.08. The quantitative estimate of drug-likeness (QED) is 0.640. The zero-order valence-electron chi connectivity index (χ0n) is 13.2. The Morgan fingerprint density at radius 3 is 1.82 bits per heavy atom. The van der Waals surface area contributed by atoms with Crippen molar-refractivity contribution in [2.24, 2.45) is 0 Å². The van der Waals surface area contributed by atoms with Crippen LogP contribution in [0.3, 0.4) is 0 Å². The largest absolute Gasteiger partial charge is 0.354 e. The van der Waals surface area contributed by atoms with Gasteiger partial charge in [0.15, 0.2) is 0 Å². The van der Waals surface area contributed by atoms with Gasteiger partial charge in [-0.25, -0.2) is 0 Å². The molecule has 1 amide bonds. The van der Waals surface area contributed by atoms with Crippen molar-refractivity contribution in [3.8, 4) is 0 Å². The number of carbonyl (C=O) groups excluding carboxylic acids is 1. The highest BCUT2D eigenvalue weighted by Gasteiger charge is 2.30.